The summed E-state index contributed by atoms with van der Waals surface area (Å²) in [4.78, 5) is 17.3. The largest absolute Gasteiger partial charge is 0.396 e. The number of hydrogen-bond donors (Lipinski definition) is 2. The average molecular weight is 365 g/mol. The fourth-order valence-electron chi connectivity index (χ4n) is 5.96. The summed E-state index contributed by atoms with van der Waals surface area (Å²) in [5.74, 6) is 1.34. The maximum atomic E-state index is 13.0. The Balaban J connectivity index is 1.37. The Kier molecular flexibility index (Phi) is 3.73. The highest BCUT2D eigenvalue weighted by Gasteiger charge is 2.56. The van der Waals surface area contributed by atoms with Crippen LogP contribution < -0.4 is 5.32 Å². The normalized spacial score (nSPS) is 33.9. The van der Waals surface area contributed by atoms with Crippen molar-refractivity contribution < 1.29 is 9.90 Å². The van der Waals surface area contributed by atoms with Crippen LogP contribution in [0.15, 0.2) is 18.6 Å². The van der Waals surface area contributed by atoms with Crippen LogP contribution in [0.4, 0.5) is 0 Å². The van der Waals surface area contributed by atoms with Crippen LogP contribution in [-0.4, -0.2) is 38.3 Å². The highest BCUT2D eigenvalue weighted by molar-refractivity contribution is 5.99. The summed E-state index contributed by atoms with van der Waals surface area (Å²) in [7, 11) is 0. The van der Waals surface area contributed by atoms with Crippen LogP contribution in [0.5, 0.6) is 0 Å². The lowest BCUT2D eigenvalue weighted by molar-refractivity contribution is -0.0451. The number of aliphatic hydroxyl groups is 1. The Labute approximate surface area is 157 Å². The minimum absolute atomic E-state index is 0.0530. The van der Waals surface area contributed by atoms with E-state index in [1.807, 2.05) is 0 Å². The van der Waals surface area contributed by atoms with Crippen LogP contribution in [0.1, 0.15) is 48.0 Å². The molecule has 4 fully saturated rings. The summed E-state index contributed by atoms with van der Waals surface area (Å²) in [5, 5.41) is 26.2. The van der Waals surface area contributed by atoms with Gasteiger partial charge in [-0.3, -0.25) is 4.79 Å². The molecule has 2 N–H and O–H groups in total. The van der Waals surface area contributed by atoms with Crippen LogP contribution in [0.2, 0.25) is 0 Å². The molecule has 7 heteroatoms. The van der Waals surface area contributed by atoms with Gasteiger partial charge in [-0.2, -0.15) is 10.4 Å². The molecular weight excluding hydrogens is 342 g/mol. The van der Waals surface area contributed by atoms with Gasteiger partial charge in [0.05, 0.1) is 17.7 Å². The van der Waals surface area contributed by atoms with Crippen molar-refractivity contribution in [3.8, 4) is 6.07 Å². The molecule has 0 aromatic carbocycles. The first-order valence-corrected chi connectivity index (χ1v) is 9.76. The smallest absolute Gasteiger partial charge is 0.257 e. The summed E-state index contributed by atoms with van der Waals surface area (Å²) < 4.78 is 1.60. The molecule has 1 amide bonds. The Bertz CT molecular complexity index is 929. The van der Waals surface area contributed by atoms with Gasteiger partial charge in [0.1, 0.15) is 5.56 Å². The third kappa shape index (κ3) is 2.62. The molecule has 0 aliphatic heterocycles. The molecule has 2 aromatic rings. The van der Waals surface area contributed by atoms with Gasteiger partial charge in [0.2, 0.25) is 0 Å². The number of nitriles is 1. The van der Waals surface area contributed by atoms with Crippen molar-refractivity contribution in [2.24, 2.45) is 23.2 Å². The highest BCUT2D eigenvalue weighted by Crippen LogP contribution is 2.59. The number of carbonyl (C=O) groups excluding carboxylic acids is 1. The van der Waals surface area contributed by atoms with E-state index in [0.717, 1.165) is 37.7 Å². The van der Waals surface area contributed by atoms with Crippen LogP contribution in [0.25, 0.3) is 5.65 Å². The quantitative estimate of drug-likeness (QED) is 0.858. The number of nitrogens with one attached hydrogen (secondary N) is 1. The molecule has 27 heavy (non-hydrogen) atoms. The first-order chi connectivity index (χ1) is 13.1. The monoisotopic (exact) mass is 365 g/mol. The lowest BCUT2D eigenvalue weighted by atomic mass is 9.48. The summed E-state index contributed by atoms with van der Waals surface area (Å²) >= 11 is 0. The second-order valence-electron chi connectivity index (χ2n) is 8.62. The van der Waals surface area contributed by atoms with Gasteiger partial charge < -0.3 is 10.4 Å². The lowest BCUT2D eigenvalue weighted by Gasteiger charge is -2.57. The molecule has 2 heterocycles. The van der Waals surface area contributed by atoms with Gasteiger partial charge in [-0.15, -0.1) is 0 Å². The number of nitrogens with zero attached hydrogens (tertiary/aromatic N) is 4. The van der Waals surface area contributed by atoms with E-state index < -0.39 is 0 Å². The van der Waals surface area contributed by atoms with E-state index in [-0.39, 0.29) is 24.0 Å². The van der Waals surface area contributed by atoms with Crippen molar-refractivity contribution in [2.45, 2.75) is 44.6 Å². The molecule has 4 bridgehead atoms. The van der Waals surface area contributed by atoms with Gasteiger partial charge in [-0.05, 0) is 61.8 Å². The Morgan fingerprint density at radius 2 is 2.11 bits per heavy atom. The van der Waals surface area contributed by atoms with Crippen molar-refractivity contribution in [1.29, 1.82) is 5.26 Å². The summed E-state index contributed by atoms with van der Waals surface area (Å²) in [5.41, 5.74) is 1.75. The number of aliphatic hydroxyl groups excluding tert-OH is 1. The van der Waals surface area contributed by atoms with E-state index >= 15 is 0 Å². The van der Waals surface area contributed by atoms with E-state index in [4.69, 9.17) is 5.11 Å². The fraction of sp³-hybridized carbons (Fsp3) is 0.600. The molecule has 4 aliphatic rings. The van der Waals surface area contributed by atoms with Crippen LogP contribution in [0.3, 0.4) is 0 Å². The lowest BCUT2D eigenvalue weighted by Crippen LogP contribution is -2.58. The minimum atomic E-state index is -0.146. The zero-order valence-corrected chi connectivity index (χ0v) is 15.1. The average Bonchev–Trinajstić information content (AvgIpc) is 3.08. The molecule has 0 saturated heterocycles. The molecule has 6 rings (SSSR count). The van der Waals surface area contributed by atoms with E-state index in [0.29, 0.717) is 35.4 Å². The second-order valence-corrected chi connectivity index (χ2v) is 8.62. The fourth-order valence-corrected chi connectivity index (χ4v) is 5.96. The van der Waals surface area contributed by atoms with Gasteiger partial charge in [0.25, 0.3) is 5.91 Å². The first kappa shape index (κ1) is 16.7. The summed E-state index contributed by atoms with van der Waals surface area (Å²) in [6.45, 7) is 0.0530. The third-order valence-corrected chi connectivity index (χ3v) is 6.86. The summed E-state index contributed by atoms with van der Waals surface area (Å²) in [6.07, 6.45) is 10.7. The maximum absolute atomic E-state index is 13.0. The van der Waals surface area contributed by atoms with E-state index in [1.165, 1.54) is 0 Å². The van der Waals surface area contributed by atoms with Crippen molar-refractivity contribution in [3.05, 3.63) is 29.7 Å². The molecule has 2 unspecified atom stereocenters. The van der Waals surface area contributed by atoms with Crippen molar-refractivity contribution in [1.82, 2.24) is 19.9 Å². The van der Waals surface area contributed by atoms with Crippen LogP contribution in [-0.2, 0) is 6.42 Å². The molecule has 140 valence electrons. The number of carbonyl (C=O) groups is 1. The topological polar surface area (TPSA) is 103 Å². The van der Waals surface area contributed by atoms with Crippen molar-refractivity contribution in [2.75, 3.05) is 6.61 Å². The maximum Gasteiger partial charge on any atom is 0.257 e. The molecule has 4 aliphatic carbocycles. The van der Waals surface area contributed by atoms with Gasteiger partial charge in [0, 0.05) is 25.0 Å². The molecule has 2 atom stereocenters. The Morgan fingerprint density at radius 1 is 1.33 bits per heavy atom. The molecular formula is C20H23N5O2. The van der Waals surface area contributed by atoms with Crippen molar-refractivity contribution in [3.63, 3.8) is 0 Å². The highest BCUT2D eigenvalue weighted by atomic mass is 16.3. The van der Waals surface area contributed by atoms with Gasteiger partial charge in [-0.1, -0.05) is 0 Å². The number of aromatic nitrogens is 3. The van der Waals surface area contributed by atoms with Gasteiger partial charge in [0.15, 0.2) is 5.65 Å². The zero-order chi connectivity index (χ0) is 18.6. The zero-order valence-electron chi connectivity index (χ0n) is 15.1. The first-order valence-electron chi connectivity index (χ1n) is 9.76. The predicted octanol–water partition coefficient (Wildman–Crippen LogP) is 1.71. The molecule has 0 spiro atoms. The summed E-state index contributed by atoms with van der Waals surface area (Å²) in [6, 6.07) is 2.75. The molecule has 4 saturated carbocycles. The van der Waals surface area contributed by atoms with Gasteiger partial charge >= 0.3 is 0 Å². The Hall–Kier alpha value is -2.46. The van der Waals surface area contributed by atoms with Gasteiger partial charge in [-0.25, -0.2) is 9.50 Å². The molecule has 2 aromatic heterocycles. The predicted molar refractivity (Wildman–Crippen MR) is 96.6 cm³/mol. The Morgan fingerprint density at radius 3 is 2.81 bits per heavy atom. The van der Waals surface area contributed by atoms with Crippen LogP contribution >= 0.6 is 0 Å². The SMILES string of the molecule is N#CC12CC3CC(C1)C(NC(=O)c1cnn4cc(CCO)cnc14)C(C3)C2. The van der Waals surface area contributed by atoms with E-state index in [1.54, 1.807) is 23.1 Å². The number of rotatable bonds is 4. The standard InChI is InChI=1S/C20H23N5O2/c21-11-20-5-13-3-14(6-20)17(15(4-13)7-20)24-19(27)16-9-23-25-10-12(1-2-26)8-22-18(16)25/h8-10,13-15,17,26H,1-7H2,(H,24,27). The minimum Gasteiger partial charge on any atom is -0.396 e. The molecule has 0 radical (unpaired) electrons. The van der Waals surface area contributed by atoms with Crippen molar-refractivity contribution >= 4 is 11.6 Å². The second kappa shape index (κ2) is 6.03. The molecule has 7 nitrogen and oxygen atoms in total. The van der Waals surface area contributed by atoms with E-state index in [9.17, 15) is 10.1 Å². The number of fused-ring (bicyclic) bond motifs is 1. The third-order valence-electron chi connectivity index (χ3n) is 6.86. The van der Waals surface area contributed by atoms with E-state index in [2.05, 4.69) is 21.5 Å². The van der Waals surface area contributed by atoms with Crippen LogP contribution in [0, 0.1) is 34.5 Å². The number of hydrogen-bond acceptors (Lipinski definition) is 5. The number of amides is 1.